The van der Waals surface area contributed by atoms with Gasteiger partial charge in [-0.1, -0.05) is 48.5 Å². The van der Waals surface area contributed by atoms with E-state index in [1.165, 1.54) is 11.9 Å². The number of nitrogens with one attached hydrogen (secondary N) is 1. The third-order valence-corrected chi connectivity index (χ3v) is 6.48. The van der Waals surface area contributed by atoms with E-state index in [1.807, 2.05) is 44.2 Å². The van der Waals surface area contributed by atoms with Crippen molar-refractivity contribution in [2.24, 2.45) is 4.99 Å². The third-order valence-electron chi connectivity index (χ3n) is 5.51. The number of nitrogens with zero attached hydrogens (tertiary/aromatic N) is 4. The van der Waals surface area contributed by atoms with Crippen LogP contribution in [-0.4, -0.2) is 52.3 Å². The van der Waals surface area contributed by atoms with Crippen LogP contribution in [0, 0.1) is 13.8 Å². The van der Waals surface area contributed by atoms with E-state index < -0.39 is 0 Å². The quantitative estimate of drug-likeness (QED) is 0.125. The van der Waals surface area contributed by atoms with Crippen molar-refractivity contribution in [3.8, 4) is 11.3 Å². The Balaban J connectivity index is 1.79. The number of benzene rings is 2. The standard InChI is InChI=1S/C28H30ClN5O2S/c1-5-9-22(30-4)18-34(14-8-15-35)27(36)21-12-7-13-23(16-21)37-33-28-31-24(17-25(29)32-28)26-19(2)10-6-11-20(26)3/h5-7,9-13,16-17,35H,1,4,8,14-15,18H2,2-3H3,(H,31,32,33)/b22-9-. The average Bonchev–Trinajstić information content (AvgIpc) is 2.88. The van der Waals surface area contributed by atoms with Crippen molar-refractivity contribution in [1.29, 1.82) is 0 Å². The predicted molar refractivity (Wildman–Crippen MR) is 153 cm³/mol. The third kappa shape index (κ3) is 7.76. The average molecular weight is 536 g/mol. The second-order valence-electron chi connectivity index (χ2n) is 8.25. The van der Waals surface area contributed by atoms with Gasteiger partial charge in [-0.25, -0.2) is 9.97 Å². The zero-order valence-corrected chi connectivity index (χ0v) is 22.5. The van der Waals surface area contributed by atoms with E-state index in [1.54, 1.807) is 35.3 Å². The van der Waals surface area contributed by atoms with Gasteiger partial charge in [0.25, 0.3) is 5.91 Å². The summed E-state index contributed by atoms with van der Waals surface area (Å²) in [6.07, 6.45) is 3.76. The van der Waals surface area contributed by atoms with Crippen molar-refractivity contribution < 1.29 is 9.90 Å². The summed E-state index contributed by atoms with van der Waals surface area (Å²) in [5.41, 5.74) is 5.09. The molecule has 0 saturated carbocycles. The Morgan fingerprint density at radius 3 is 2.59 bits per heavy atom. The molecule has 2 aromatic carbocycles. The molecule has 2 N–H and O–H groups in total. The molecule has 7 nitrogen and oxygen atoms in total. The van der Waals surface area contributed by atoms with Crippen molar-refractivity contribution in [1.82, 2.24) is 14.9 Å². The van der Waals surface area contributed by atoms with Gasteiger partial charge < -0.3 is 10.0 Å². The maximum atomic E-state index is 13.3. The minimum Gasteiger partial charge on any atom is -0.396 e. The number of halogens is 1. The van der Waals surface area contributed by atoms with Gasteiger partial charge in [-0.3, -0.25) is 14.5 Å². The van der Waals surface area contributed by atoms with Crippen LogP contribution in [0.2, 0.25) is 5.15 Å². The number of hydrogen-bond donors (Lipinski definition) is 2. The summed E-state index contributed by atoms with van der Waals surface area (Å²) in [4.78, 5) is 28.7. The summed E-state index contributed by atoms with van der Waals surface area (Å²) in [6.45, 7) is 11.9. The number of aliphatic hydroxyl groups excluding tert-OH is 1. The first-order valence-electron chi connectivity index (χ1n) is 11.7. The molecule has 3 aromatic rings. The number of allylic oxidation sites excluding steroid dienone is 2. The molecule has 1 amide bonds. The smallest absolute Gasteiger partial charge is 0.254 e. The van der Waals surface area contributed by atoms with Crippen LogP contribution in [0.5, 0.6) is 0 Å². The molecule has 0 spiro atoms. The van der Waals surface area contributed by atoms with Crippen molar-refractivity contribution in [2.75, 3.05) is 24.4 Å². The van der Waals surface area contributed by atoms with Crippen LogP contribution in [-0.2, 0) is 0 Å². The molecule has 0 radical (unpaired) electrons. The van der Waals surface area contributed by atoms with E-state index in [0.29, 0.717) is 35.3 Å². The highest BCUT2D eigenvalue weighted by molar-refractivity contribution is 8.00. The fourth-order valence-corrected chi connectivity index (χ4v) is 4.61. The van der Waals surface area contributed by atoms with E-state index in [-0.39, 0.29) is 19.1 Å². The molecule has 0 atom stereocenters. The molecular weight excluding hydrogens is 506 g/mol. The molecule has 0 saturated heterocycles. The summed E-state index contributed by atoms with van der Waals surface area (Å²) >= 11 is 7.60. The van der Waals surface area contributed by atoms with Crippen LogP contribution < -0.4 is 4.72 Å². The molecule has 192 valence electrons. The molecule has 0 aliphatic heterocycles. The van der Waals surface area contributed by atoms with Gasteiger partial charge in [0.05, 0.1) is 17.9 Å². The number of amides is 1. The molecule has 1 aromatic heterocycles. The van der Waals surface area contributed by atoms with Crippen LogP contribution in [0.1, 0.15) is 27.9 Å². The molecule has 3 rings (SSSR count). The fraction of sp³-hybridized carbons (Fsp3) is 0.214. The van der Waals surface area contributed by atoms with Gasteiger partial charge in [-0.2, -0.15) is 0 Å². The lowest BCUT2D eigenvalue weighted by Gasteiger charge is -2.23. The topological polar surface area (TPSA) is 90.7 Å². The number of carbonyl (C=O) groups excluding carboxylic acids is 1. The Morgan fingerprint density at radius 2 is 1.92 bits per heavy atom. The number of aliphatic hydroxyl groups is 1. The Kier molecular flexibility index (Phi) is 10.4. The maximum absolute atomic E-state index is 13.3. The lowest BCUT2D eigenvalue weighted by Crippen LogP contribution is -2.34. The van der Waals surface area contributed by atoms with Gasteiger partial charge in [0.15, 0.2) is 0 Å². The van der Waals surface area contributed by atoms with E-state index in [0.717, 1.165) is 27.3 Å². The number of aliphatic imine (C=N–C) groups is 1. The van der Waals surface area contributed by atoms with E-state index in [2.05, 4.69) is 33.0 Å². The highest BCUT2D eigenvalue weighted by atomic mass is 35.5. The lowest BCUT2D eigenvalue weighted by atomic mass is 10.00. The summed E-state index contributed by atoms with van der Waals surface area (Å²) in [5, 5.41) is 9.62. The van der Waals surface area contributed by atoms with E-state index >= 15 is 0 Å². The largest absolute Gasteiger partial charge is 0.396 e. The number of rotatable bonds is 12. The minimum atomic E-state index is -0.175. The first-order chi connectivity index (χ1) is 17.9. The molecule has 0 fully saturated rings. The van der Waals surface area contributed by atoms with Crippen LogP contribution in [0.25, 0.3) is 11.3 Å². The van der Waals surface area contributed by atoms with Crippen molar-refractivity contribution in [3.63, 3.8) is 0 Å². The van der Waals surface area contributed by atoms with Gasteiger partial charge >= 0.3 is 0 Å². The first kappa shape index (κ1) is 28.1. The van der Waals surface area contributed by atoms with E-state index in [9.17, 15) is 9.90 Å². The zero-order chi connectivity index (χ0) is 26.8. The Bertz CT molecular complexity index is 1290. The second-order valence-corrected chi connectivity index (χ2v) is 9.52. The summed E-state index contributed by atoms with van der Waals surface area (Å²) in [5.74, 6) is 0.193. The van der Waals surface area contributed by atoms with Gasteiger partial charge in [0.2, 0.25) is 5.95 Å². The first-order valence-corrected chi connectivity index (χ1v) is 12.9. The monoisotopic (exact) mass is 535 g/mol. The lowest BCUT2D eigenvalue weighted by molar-refractivity contribution is 0.0759. The Hall–Kier alpha value is -3.46. The number of anilines is 1. The van der Waals surface area contributed by atoms with Crippen LogP contribution in [0.15, 0.2) is 82.8 Å². The second kappa shape index (κ2) is 13.7. The van der Waals surface area contributed by atoms with Gasteiger partial charge in [-0.15, -0.1) is 0 Å². The fourth-order valence-electron chi connectivity index (χ4n) is 3.79. The molecule has 9 heteroatoms. The molecular formula is C28H30ClN5O2S. The SMILES string of the molecule is C=C/C=C(/CN(CCCO)C(=O)c1cccc(SNc2nc(Cl)cc(-c3c(C)cccc3C)n2)c1)N=C. The van der Waals surface area contributed by atoms with Gasteiger partial charge in [0, 0.05) is 35.2 Å². The number of aromatic nitrogens is 2. The Labute approximate surface area is 227 Å². The van der Waals surface area contributed by atoms with E-state index in [4.69, 9.17) is 11.6 Å². The normalized spacial score (nSPS) is 11.2. The van der Waals surface area contributed by atoms with Gasteiger partial charge in [-0.05, 0) is 74.3 Å². The number of carbonyl (C=O) groups is 1. The zero-order valence-electron chi connectivity index (χ0n) is 20.9. The van der Waals surface area contributed by atoms with Crippen molar-refractivity contribution in [3.05, 3.63) is 94.8 Å². The van der Waals surface area contributed by atoms with Crippen molar-refractivity contribution >= 4 is 42.1 Å². The molecule has 0 unspecified atom stereocenters. The van der Waals surface area contributed by atoms with Crippen LogP contribution in [0.4, 0.5) is 5.95 Å². The minimum absolute atomic E-state index is 0.0186. The highest BCUT2D eigenvalue weighted by Gasteiger charge is 2.17. The molecule has 0 aliphatic rings. The summed E-state index contributed by atoms with van der Waals surface area (Å²) in [6, 6.07) is 15.1. The number of hydrogen-bond acceptors (Lipinski definition) is 7. The van der Waals surface area contributed by atoms with Crippen LogP contribution >= 0.6 is 23.5 Å². The Morgan fingerprint density at radius 1 is 1.19 bits per heavy atom. The van der Waals surface area contributed by atoms with Crippen LogP contribution in [0.3, 0.4) is 0 Å². The molecule has 0 bridgehead atoms. The maximum Gasteiger partial charge on any atom is 0.254 e. The summed E-state index contributed by atoms with van der Waals surface area (Å²) in [7, 11) is 0. The number of aryl methyl sites for hydroxylation is 2. The predicted octanol–water partition coefficient (Wildman–Crippen LogP) is 6.13. The molecule has 1 heterocycles. The summed E-state index contributed by atoms with van der Waals surface area (Å²) < 4.78 is 3.15. The molecule has 37 heavy (non-hydrogen) atoms. The van der Waals surface area contributed by atoms with Gasteiger partial charge in [0.1, 0.15) is 5.15 Å². The molecule has 0 aliphatic carbocycles. The van der Waals surface area contributed by atoms with Crippen molar-refractivity contribution in [2.45, 2.75) is 25.2 Å². The highest BCUT2D eigenvalue weighted by Crippen LogP contribution is 2.29.